The van der Waals surface area contributed by atoms with Gasteiger partial charge in [0.2, 0.25) is 0 Å². The second kappa shape index (κ2) is 6.37. The van der Waals surface area contributed by atoms with Gasteiger partial charge in [-0.3, -0.25) is 4.79 Å². The molecule has 1 amide bonds. The topological polar surface area (TPSA) is 82.5 Å². The predicted octanol–water partition coefficient (Wildman–Crippen LogP) is 3.10. The lowest BCUT2D eigenvalue weighted by molar-refractivity contribution is 0.0987. The van der Waals surface area contributed by atoms with E-state index in [0.29, 0.717) is 16.9 Å². The van der Waals surface area contributed by atoms with Crippen molar-refractivity contribution in [1.29, 1.82) is 0 Å². The minimum absolute atomic E-state index is 0.242. The van der Waals surface area contributed by atoms with Crippen LogP contribution >= 0.6 is 11.6 Å². The van der Waals surface area contributed by atoms with Gasteiger partial charge >= 0.3 is 0 Å². The molecular weight excluding hydrogens is 352 g/mol. The Bertz CT molecular complexity index is 994. The summed E-state index contributed by atoms with van der Waals surface area (Å²) in [6.07, 6.45) is 4.63. The van der Waals surface area contributed by atoms with Crippen molar-refractivity contribution in [3.63, 3.8) is 0 Å². The number of hydrogen-bond acceptors (Lipinski definition) is 4. The van der Waals surface area contributed by atoms with Crippen LogP contribution in [-0.2, 0) is 16.8 Å². The Morgan fingerprint density at radius 2 is 2.15 bits per heavy atom. The Balaban J connectivity index is 1.91. The van der Waals surface area contributed by atoms with Crippen molar-refractivity contribution in [2.24, 2.45) is 5.73 Å². The number of aromatic nitrogens is 3. The second-order valence-electron chi connectivity index (χ2n) is 6.64. The molecule has 0 bridgehead atoms. The van der Waals surface area contributed by atoms with Crippen LogP contribution in [0.5, 0.6) is 0 Å². The summed E-state index contributed by atoms with van der Waals surface area (Å²) in [4.78, 5) is 16.5. The molecular formula is C19H19ClN4O2. The van der Waals surface area contributed by atoms with Crippen molar-refractivity contribution < 1.29 is 9.53 Å². The van der Waals surface area contributed by atoms with Crippen molar-refractivity contribution >= 4 is 23.2 Å². The van der Waals surface area contributed by atoms with Gasteiger partial charge in [-0.05, 0) is 24.5 Å². The third kappa shape index (κ3) is 2.48. The highest BCUT2D eigenvalue weighted by atomic mass is 35.5. The fourth-order valence-electron chi connectivity index (χ4n) is 3.77. The molecule has 134 valence electrons. The van der Waals surface area contributed by atoms with E-state index in [1.807, 2.05) is 30.3 Å². The zero-order chi connectivity index (χ0) is 18.3. The Morgan fingerprint density at radius 1 is 1.38 bits per heavy atom. The summed E-state index contributed by atoms with van der Waals surface area (Å²) in [6.45, 7) is 0.242. The van der Waals surface area contributed by atoms with Gasteiger partial charge in [0.05, 0.1) is 12.3 Å². The number of nitrogens with zero attached hydrogens (tertiary/aromatic N) is 3. The van der Waals surface area contributed by atoms with Crippen LogP contribution in [0.3, 0.4) is 0 Å². The number of halogens is 1. The number of primary amides is 1. The van der Waals surface area contributed by atoms with E-state index in [-0.39, 0.29) is 12.0 Å². The maximum Gasteiger partial charge on any atom is 0.267 e. The molecule has 0 unspecified atom stereocenters. The van der Waals surface area contributed by atoms with E-state index in [0.717, 1.165) is 35.5 Å². The molecule has 0 atom stereocenters. The number of benzene rings is 1. The van der Waals surface area contributed by atoms with Gasteiger partial charge in [0.25, 0.3) is 5.91 Å². The summed E-state index contributed by atoms with van der Waals surface area (Å²) in [6, 6.07) is 9.78. The molecule has 1 saturated carbocycles. The monoisotopic (exact) mass is 370 g/mol. The molecule has 2 N–H and O–H groups in total. The largest absolute Gasteiger partial charge is 0.380 e. The number of fused-ring (bicyclic) bond motifs is 1. The molecule has 1 aliphatic rings. The van der Waals surface area contributed by atoms with E-state index in [2.05, 4.69) is 4.98 Å². The average Bonchev–Trinajstić information content (AvgIpc) is 2.99. The van der Waals surface area contributed by atoms with Crippen LogP contribution in [0.15, 0.2) is 36.5 Å². The number of carbonyl (C=O) groups is 1. The number of nitrogens with two attached hydrogens (primary N) is 1. The first kappa shape index (κ1) is 17.0. The normalized spacial score (nSPS) is 15.8. The molecule has 0 saturated heterocycles. The molecule has 26 heavy (non-hydrogen) atoms. The zero-order valence-electron chi connectivity index (χ0n) is 14.4. The third-order valence-electron chi connectivity index (χ3n) is 5.18. The molecule has 0 radical (unpaired) electrons. The summed E-state index contributed by atoms with van der Waals surface area (Å²) >= 11 is 6.48. The molecule has 1 aromatic carbocycles. The number of rotatable bonds is 5. The van der Waals surface area contributed by atoms with E-state index in [1.54, 1.807) is 13.3 Å². The van der Waals surface area contributed by atoms with Gasteiger partial charge < -0.3 is 10.5 Å². The minimum Gasteiger partial charge on any atom is -0.380 e. The average molecular weight is 371 g/mol. The van der Waals surface area contributed by atoms with E-state index < -0.39 is 5.91 Å². The van der Waals surface area contributed by atoms with Crippen LogP contribution in [0.2, 0.25) is 5.02 Å². The second-order valence-corrected chi connectivity index (χ2v) is 7.05. The van der Waals surface area contributed by atoms with E-state index in [9.17, 15) is 4.79 Å². The van der Waals surface area contributed by atoms with Crippen molar-refractivity contribution in [2.45, 2.75) is 31.3 Å². The molecule has 2 aromatic heterocycles. The van der Waals surface area contributed by atoms with Gasteiger partial charge in [0, 0.05) is 35.4 Å². The fourth-order valence-corrected chi connectivity index (χ4v) is 4.09. The van der Waals surface area contributed by atoms with Crippen molar-refractivity contribution in [1.82, 2.24) is 14.6 Å². The van der Waals surface area contributed by atoms with E-state index in [1.165, 1.54) is 4.52 Å². The number of hydrogen-bond donors (Lipinski definition) is 1. The zero-order valence-corrected chi connectivity index (χ0v) is 15.2. The Morgan fingerprint density at radius 3 is 2.77 bits per heavy atom. The quantitative estimate of drug-likeness (QED) is 0.748. The molecule has 3 aromatic rings. The van der Waals surface area contributed by atoms with E-state index >= 15 is 0 Å². The lowest BCUT2D eigenvalue weighted by Crippen LogP contribution is -2.36. The summed E-state index contributed by atoms with van der Waals surface area (Å²) in [7, 11) is 1.56. The van der Waals surface area contributed by atoms with Crippen LogP contribution in [-0.4, -0.2) is 27.6 Å². The standard InChI is InChI=1S/C19H19ClN4O2/c1-26-11-12-10-22-16-9-15(23-24(16)17(12)18(21)25)19(7-4-8-19)13-5-2-3-6-14(13)20/h2-3,5-6,9-10H,4,7-8,11H2,1H3,(H2,21,25). The van der Waals surface area contributed by atoms with Crippen molar-refractivity contribution in [3.05, 3.63) is 64.1 Å². The van der Waals surface area contributed by atoms with Crippen LogP contribution in [0, 0.1) is 0 Å². The Labute approximate surface area is 155 Å². The van der Waals surface area contributed by atoms with E-state index in [4.69, 9.17) is 27.2 Å². The van der Waals surface area contributed by atoms with Gasteiger partial charge in [-0.15, -0.1) is 0 Å². The predicted molar refractivity (Wildman–Crippen MR) is 98.3 cm³/mol. The lowest BCUT2D eigenvalue weighted by atomic mass is 9.62. The van der Waals surface area contributed by atoms with Crippen LogP contribution in [0.4, 0.5) is 0 Å². The molecule has 2 heterocycles. The van der Waals surface area contributed by atoms with Gasteiger partial charge in [-0.25, -0.2) is 9.50 Å². The minimum atomic E-state index is -0.556. The number of carbonyl (C=O) groups excluding carboxylic acids is 1. The SMILES string of the molecule is COCc1cnc2cc(C3(c4ccccc4Cl)CCC3)nn2c1C(N)=O. The van der Waals surface area contributed by atoms with Crippen LogP contribution < -0.4 is 5.73 Å². The van der Waals surface area contributed by atoms with Crippen molar-refractivity contribution in [3.8, 4) is 0 Å². The summed E-state index contributed by atoms with van der Waals surface area (Å²) in [5.41, 5.74) is 8.79. The smallest absolute Gasteiger partial charge is 0.267 e. The molecule has 1 aliphatic carbocycles. The number of methoxy groups -OCH3 is 1. The summed E-state index contributed by atoms with van der Waals surface area (Å²) < 4.78 is 6.68. The Kier molecular flexibility index (Phi) is 4.17. The van der Waals surface area contributed by atoms with Gasteiger partial charge in [-0.1, -0.05) is 36.2 Å². The maximum absolute atomic E-state index is 12.0. The highest BCUT2D eigenvalue weighted by Gasteiger charge is 2.44. The fraction of sp³-hybridized carbons (Fsp3) is 0.316. The molecule has 7 heteroatoms. The van der Waals surface area contributed by atoms with Crippen LogP contribution in [0.25, 0.3) is 5.65 Å². The number of amides is 1. The van der Waals surface area contributed by atoms with Gasteiger partial charge in [0.1, 0.15) is 5.69 Å². The first-order valence-corrected chi connectivity index (χ1v) is 8.86. The molecule has 6 nitrogen and oxygen atoms in total. The molecule has 0 aliphatic heterocycles. The highest BCUT2D eigenvalue weighted by molar-refractivity contribution is 6.31. The summed E-state index contributed by atoms with van der Waals surface area (Å²) in [5, 5.41) is 5.46. The highest BCUT2D eigenvalue weighted by Crippen LogP contribution is 2.50. The first-order chi connectivity index (χ1) is 12.6. The molecule has 0 spiro atoms. The molecule has 4 rings (SSSR count). The summed E-state index contributed by atoms with van der Waals surface area (Å²) in [5.74, 6) is -0.556. The van der Waals surface area contributed by atoms with Crippen LogP contribution in [0.1, 0.15) is 46.6 Å². The van der Waals surface area contributed by atoms with Gasteiger partial charge in [-0.2, -0.15) is 5.10 Å². The van der Waals surface area contributed by atoms with Crippen molar-refractivity contribution in [2.75, 3.05) is 7.11 Å². The first-order valence-electron chi connectivity index (χ1n) is 8.49. The maximum atomic E-state index is 12.0. The lowest BCUT2D eigenvalue weighted by Gasteiger charge is -2.41. The number of ether oxygens (including phenoxy) is 1. The molecule has 1 fully saturated rings. The third-order valence-corrected chi connectivity index (χ3v) is 5.51. The van der Waals surface area contributed by atoms with Gasteiger partial charge in [0.15, 0.2) is 5.65 Å². The Hall–Kier alpha value is -2.44.